The number of carbonyl (C=O) groups is 1. The second-order valence-electron chi connectivity index (χ2n) is 5.64. The molecule has 0 aliphatic rings. The second kappa shape index (κ2) is 6.32. The predicted molar refractivity (Wildman–Crippen MR) is 92.7 cm³/mol. The Bertz CT molecular complexity index is 1070. The molecule has 2 aromatic carbocycles. The monoisotopic (exact) mass is 350 g/mol. The van der Waals surface area contributed by atoms with Crippen LogP contribution in [0.3, 0.4) is 0 Å². The van der Waals surface area contributed by atoms with Gasteiger partial charge in [-0.25, -0.2) is 0 Å². The molecule has 0 aliphatic carbocycles. The van der Waals surface area contributed by atoms with Gasteiger partial charge in [0.25, 0.3) is 0 Å². The summed E-state index contributed by atoms with van der Waals surface area (Å²) in [7, 11) is 1.52. The highest BCUT2D eigenvalue weighted by Crippen LogP contribution is 2.40. The van der Waals surface area contributed by atoms with Gasteiger partial charge in [0.2, 0.25) is 5.82 Å². The minimum atomic E-state index is -0.950. The van der Waals surface area contributed by atoms with E-state index in [0.717, 1.165) is 5.56 Å². The Balaban J connectivity index is 2.02. The normalized spacial score (nSPS) is 11.0. The minimum absolute atomic E-state index is 0.184. The number of furan rings is 1. The van der Waals surface area contributed by atoms with Gasteiger partial charge in [-0.05, 0) is 17.3 Å². The number of hydrogen-bond donors (Lipinski definition) is 2. The molecule has 8 nitrogen and oxygen atoms in total. The Kier molecular flexibility index (Phi) is 3.85. The summed E-state index contributed by atoms with van der Waals surface area (Å²) < 4.78 is 11.5. The van der Waals surface area contributed by atoms with E-state index in [1.165, 1.54) is 7.11 Å². The molecule has 0 radical (unpaired) electrons. The van der Waals surface area contributed by atoms with Gasteiger partial charge in [-0.2, -0.15) is 5.21 Å². The molecule has 0 unspecified atom stereocenters. The third kappa shape index (κ3) is 2.67. The molecule has 26 heavy (non-hydrogen) atoms. The number of aromatic amines is 1. The number of rotatable bonds is 5. The van der Waals surface area contributed by atoms with Gasteiger partial charge in [-0.15, -0.1) is 10.2 Å². The molecule has 0 spiro atoms. The van der Waals surface area contributed by atoms with Crippen molar-refractivity contribution < 1.29 is 19.1 Å². The van der Waals surface area contributed by atoms with Gasteiger partial charge < -0.3 is 14.3 Å². The van der Waals surface area contributed by atoms with E-state index in [4.69, 9.17) is 9.15 Å². The number of carboxylic acids is 1. The van der Waals surface area contributed by atoms with Crippen molar-refractivity contribution in [2.75, 3.05) is 7.11 Å². The van der Waals surface area contributed by atoms with Crippen molar-refractivity contribution in [3.63, 3.8) is 0 Å². The molecule has 0 saturated heterocycles. The molecule has 130 valence electrons. The van der Waals surface area contributed by atoms with E-state index in [1.807, 2.05) is 30.3 Å². The summed E-state index contributed by atoms with van der Waals surface area (Å²) in [5.41, 5.74) is 2.50. The summed E-state index contributed by atoms with van der Waals surface area (Å²) in [6, 6.07) is 12.9. The van der Waals surface area contributed by atoms with Crippen molar-refractivity contribution >= 4 is 16.9 Å². The van der Waals surface area contributed by atoms with Crippen LogP contribution in [0.5, 0.6) is 5.75 Å². The highest BCUT2D eigenvalue weighted by atomic mass is 16.5. The van der Waals surface area contributed by atoms with Crippen LogP contribution < -0.4 is 4.74 Å². The highest BCUT2D eigenvalue weighted by molar-refractivity contribution is 5.97. The third-order valence-electron chi connectivity index (χ3n) is 4.05. The average Bonchev–Trinajstić information content (AvgIpc) is 3.30. The zero-order valence-corrected chi connectivity index (χ0v) is 13.8. The summed E-state index contributed by atoms with van der Waals surface area (Å²) in [5, 5.41) is 23.9. The number of nitrogens with zero attached hydrogens (tertiary/aromatic N) is 3. The lowest BCUT2D eigenvalue weighted by Crippen LogP contribution is -2.00. The molecule has 0 fully saturated rings. The van der Waals surface area contributed by atoms with E-state index in [0.29, 0.717) is 39.4 Å². The van der Waals surface area contributed by atoms with E-state index in [9.17, 15) is 9.90 Å². The van der Waals surface area contributed by atoms with Gasteiger partial charge in [-0.1, -0.05) is 30.3 Å². The van der Waals surface area contributed by atoms with E-state index < -0.39 is 5.97 Å². The van der Waals surface area contributed by atoms with Crippen LogP contribution in [0.1, 0.15) is 5.56 Å². The maximum absolute atomic E-state index is 11.4. The molecule has 0 bridgehead atoms. The van der Waals surface area contributed by atoms with Crippen LogP contribution in [0.2, 0.25) is 0 Å². The first kappa shape index (κ1) is 15.8. The topological polar surface area (TPSA) is 114 Å². The standard InChI is InChI=1S/C18H14N4O4/c1-25-14-8-11(18-19-21-22-20-18)7-12-13(9-15(23)24)16(26-17(12)14)10-5-3-2-4-6-10/h2-8H,9H2,1H3,(H,23,24)(H,19,20,21,22). The fourth-order valence-electron chi connectivity index (χ4n) is 2.93. The smallest absolute Gasteiger partial charge is 0.307 e. The quantitative estimate of drug-likeness (QED) is 0.569. The number of hydrogen-bond acceptors (Lipinski definition) is 6. The number of carboxylic acid groups (broad SMARTS) is 1. The van der Waals surface area contributed by atoms with E-state index in [-0.39, 0.29) is 6.42 Å². The zero-order chi connectivity index (χ0) is 18.1. The van der Waals surface area contributed by atoms with Gasteiger partial charge in [0.05, 0.1) is 13.5 Å². The van der Waals surface area contributed by atoms with Crippen molar-refractivity contribution in [1.82, 2.24) is 20.6 Å². The number of nitrogens with one attached hydrogen (secondary N) is 1. The number of aliphatic carboxylic acids is 1. The van der Waals surface area contributed by atoms with Crippen LogP contribution >= 0.6 is 0 Å². The SMILES string of the molecule is COc1cc(-c2nn[nH]n2)cc2c(CC(=O)O)c(-c3ccccc3)oc12. The summed E-state index contributed by atoms with van der Waals surface area (Å²) in [6.45, 7) is 0. The summed E-state index contributed by atoms with van der Waals surface area (Å²) in [5.74, 6) is 0.408. The summed E-state index contributed by atoms with van der Waals surface area (Å²) >= 11 is 0. The number of ether oxygens (including phenoxy) is 1. The Morgan fingerprint density at radius 3 is 2.69 bits per heavy atom. The second-order valence-corrected chi connectivity index (χ2v) is 5.64. The first-order chi connectivity index (χ1) is 12.7. The zero-order valence-electron chi connectivity index (χ0n) is 13.8. The lowest BCUT2D eigenvalue weighted by Gasteiger charge is -2.03. The van der Waals surface area contributed by atoms with E-state index >= 15 is 0 Å². The molecule has 4 aromatic rings. The van der Waals surface area contributed by atoms with Crippen LogP contribution in [0.4, 0.5) is 0 Å². The van der Waals surface area contributed by atoms with Crippen LogP contribution in [-0.4, -0.2) is 38.8 Å². The van der Waals surface area contributed by atoms with E-state index in [1.54, 1.807) is 12.1 Å². The van der Waals surface area contributed by atoms with Crippen molar-refractivity contribution in [2.24, 2.45) is 0 Å². The van der Waals surface area contributed by atoms with Crippen molar-refractivity contribution in [3.8, 4) is 28.5 Å². The Morgan fingerprint density at radius 1 is 1.23 bits per heavy atom. The maximum atomic E-state index is 11.4. The molecule has 2 heterocycles. The van der Waals surface area contributed by atoms with Crippen LogP contribution in [0.25, 0.3) is 33.7 Å². The third-order valence-corrected chi connectivity index (χ3v) is 4.05. The molecule has 0 amide bonds. The number of benzene rings is 2. The van der Waals surface area contributed by atoms with Crippen LogP contribution in [0, 0.1) is 0 Å². The molecular formula is C18H14N4O4. The molecule has 8 heteroatoms. The number of aromatic nitrogens is 4. The lowest BCUT2D eigenvalue weighted by molar-refractivity contribution is -0.136. The van der Waals surface area contributed by atoms with Gasteiger partial charge in [-0.3, -0.25) is 4.79 Å². The fourth-order valence-corrected chi connectivity index (χ4v) is 2.93. The Morgan fingerprint density at radius 2 is 2.04 bits per heavy atom. The summed E-state index contributed by atoms with van der Waals surface area (Å²) in [6.07, 6.45) is -0.184. The fraction of sp³-hybridized carbons (Fsp3) is 0.111. The average molecular weight is 350 g/mol. The highest BCUT2D eigenvalue weighted by Gasteiger charge is 2.22. The van der Waals surface area contributed by atoms with Gasteiger partial charge >= 0.3 is 5.97 Å². The Labute approximate surface area is 147 Å². The number of fused-ring (bicyclic) bond motifs is 1. The van der Waals surface area contributed by atoms with Crippen molar-refractivity contribution in [3.05, 3.63) is 48.0 Å². The molecule has 4 rings (SSSR count). The molecule has 2 N–H and O–H groups in total. The lowest BCUT2D eigenvalue weighted by atomic mass is 10.0. The van der Waals surface area contributed by atoms with Crippen LogP contribution in [-0.2, 0) is 11.2 Å². The largest absolute Gasteiger partial charge is 0.493 e. The van der Waals surface area contributed by atoms with Gasteiger partial charge in [0, 0.05) is 22.1 Å². The molecular weight excluding hydrogens is 336 g/mol. The Hall–Kier alpha value is -3.68. The number of H-pyrrole nitrogens is 1. The molecule has 0 atom stereocenters. The van der Waals surface area contributed by atoms with Gasteiger partial charge in [0.15, 0.2) is 11.3 Å². The maximum Gasteiger partial charge on any atom is 0.307 e. The molecule has 2 aromatic heterocycles. The molecule has 0 saturated carbocycles. The van der Waals surface area contributed by atoms with Crippen molar-refractivity contribution in [1.29, 1.82) is 0 Å². The molecule has 0 aliphatic heterocycles. The minimum Gasteiger partial charge on any atom is -0.493 e. The summed E-state index contributed by atoms with van der Waals surface area (Å²) in [4.78, 5) is 11.4. The number of methoxy groups -OCH3 is 1. The number of tetrazole rings is 1. The first-order valence-electron chi connectivity index (χ1n) is 7.82. The predicted octanol–water partition coefficient (Wildman–Crippen LogP) is 2.92. The van der Waals surface area contributed by atoms with Crippen LogP contribution in [0.15, 0.2) is 46.9 Å². The van der Waals surface area contributed by atoms with E-state index in [2.05, 4.69) is 20.6 Å². The van der Waals surface area contributed by atoms with Crippen molar-refractivity contribution in [2.45, 2.75) is 6.42 Å². The first-order valence-corrected chi connectivity index (χ1v) is 7.82. The van der Waals surface area contributed by atoms with Gasteiger partial charge in [0.1, 0.15) is 5.76 Å².